The average Bonchev–Trinajstić information content (AvgIpc) is 2.25. The third-order valence-electron chi connectivity index (χ3n) is 2.07. The molecule has 0 atom stereocenters. The molecule has 0 aromatic heterocycles. The summed E-state index contributed by atoms with van der Waals surface area (Å²) in [6.07, 6.45) is -0.759. The Morgan fingerprint density at radius 2 is 1.90 bits per heavy atom. The highest BCUT2D eigenvalue weighted by molar-refractivity contribution is 5.97. The Bertz CT molecular complexity index is 513. The van der Waals surface area contributed by atoms with Crippen molar-refractivity contribution in [3.05, 3.63) is 35.4 Å². The van der Waals surface area contributed by atoms with Crippen LogP contribution in [0.15, 0.2) is 18.2 Å². The summed E-state index contributed by atoms with van der Waals surface area (Å²) >= 11 is 0. The second kappa shape index (κ2) is 6.42. The Morgan fingerprint density at radius 1 is 1.25 bits per heavy atom. The van der Waals surface area contributed by atoms with E-state index >= 15 is 0 Å². The Balaban J connectivity index is 2.46. The number of nitrogens with one attached hydrogen (secondary N) is 2. The minimum atomic E-state index is -0.950. The Kier molecular flexibility index (Phi) is 5.15. The SMILES string of the molecule is CC(C)(C)OC(=O)NNCC(=O)c1ccc(F)cc1F. The molecule has 0 heterocycles. The lowest BCUT2D eigenvalue weighted by Gasteiger charge is -2.19. The fourth-order valence-electron chi connectivity index (χ4n) is 1.31. The molecule has 1 aromatic carbocycles. The van der Waals surface area contributed by atoms with E-state index in [2.05, 4.69) is 10.9 Å². The minimum Gasteiger partial charge on any atom is -0.443 e. The van der Waals surface area contributed by atoms with Crippen molar-refractivity contribution in [3.8, 4) is 0 Å². The highest BCUT2D eigenvalue weighted by Crippen LogP contribution is 2.10. The molecule has 0 bridgehead atoms. The van der Waals surface area contributed by atoms with Crippen LogP contribution in [0.25, 0.3) is 0 Å². The van der Waals surface area contributed by atoms with Crippen molar-refractivity contribution in [2.24, 2.45) is 0 Å². The van der Waals surface area contributed by atoms with Gasteiger partial charge in [0.15, 0.2) is 5.78 Å². The molecule has 0 aliphatic rings. The van der Waals surface area contributed by atoms with Crippen LogP contribution in [0.3, 0.4) is 0 Å². The lowest BCUT2D eigenvalue weighted by molar-refractivity contribution is 0.0499. The summed E-state index contributed by atoms with van der Waals surface area (Å²) in [7, 11) is 0. The molecular formula is C13H16F2N2O3. The first kappa shape index (κ1) is 16.0. The zero-order valence-corrected chi connectivity index (χ0v) is 11.4. The number of hydrogen-bond donors (Lipinski definition) is 2. The maximum absolute atomic E-state index is 13.3. The summed E-state index contributed by atoms with van der Waals surface area (Å²) in [5, 5.41) is 0. The topological polar surface area (TPSA) is 67.4 Å². The van der Waals surface area contributed by atoms with E-state index in [4.69, 9.17) is 4.74 Å². The van der Waals surface area contributed by atoms with E-state index in [0.717, 1.165) is 12.1 Å². The number of carbonyl (C=O) groups is 2. The second-order valence-corrected chi connectivity index (χ2v) is 5.03. The number of ether oxygens (including phenoxy) is 1. The van der Waals surface area contributed by atoms with Gasteiger partial charge in [0, 0.05) is 6.07 Å². The molecule has 1 aromatic rings. The van der Waals surface area contributed by atoms with E-state index in [1.165, 1.54) is 0 Å². The fourth-order valence-corrected chi connectivity index (χ4v) is 1.31. The molecule has 110 valence electrons. The zero-order chi connectivity index (χ0) is 15.3. The first-order valence-corrected chi connectivity index (χ1v) is 5.89. The van der Waals surface area contributed by atoms with Crippen LogP contribution in [-0.2, 0) is 4.74 Å². The molecular weight excluding hydrogens is 270 g/mol. The van der Waals surface area contributed by atoms with Crippen molar-refractivity contribution >= 4 is 11.9 Å². The van der Waals surface area contributed by atoms with Crippen LogP contribution in [0.4, 0.5) is 13.6 Å². The predicted octanol–water partition coefficient (Wildman–Crippen LogP) is 2.18. The summed E-state index contributed by atoms with van der Waals surface area (Å²) in [5.74, 6) is -2.34. The van der Waals surface area contributed by atoms with Crippen LogP contribution < -0.4 is 10.9 Å². The lowest BCUT2D eigenvalue weighted by Crippen LogP contribution is -2.43. The number of Topliss-reactive ketones (excluding diaryl/α,β-unsaturated/α-hetero) is 1. The molecule has 5 nitrogen and oxygen atoms in total. The highest BCUT2D eigenvalue weighted by Gasteiger charge is 2.16. The fraction of sp³-hybridized carbons (Fsp3) is 0.385. The van der Waals surface area contributed by atoms with Crippen molar-refractivity contribution in [2.75, 3.05) is 6.54 Å². The van der Waals surface area contributed by atoms with Crippen LogP contribution in [-0.4, -0.2) is 24.0 Å². The van der Waals surface area contributed by atoms with Crippen LogP contribution in [0, 0.1) is 11.6 Å². The number of hydrogen-bond acceptors (Lipinski definition) is 4. The van der Waals surface area contributed by atoms with Crippen molar-refractivity contribution in [3.63, 3.8) is 0 Å². The van der Waals surface area contributed by atoms with Gasteiger partial charge in [0.2, 0.25) is 0 Å². The smallest absolute Gasteiger partial charge is 0.422 e. The van der Waals surface area contributed by atoms with Crippen LogP contribution in [0.1, 0.15) is 31.1 Å². The van der Waals surface area contributed by atoms with Gasteiger partial charge in [-0.05, 0) is 32.9 Å². The molecule has 20 heavy (non-hydrogen) atoms. The predicted molar refractivity (Wildman–Crippen MR) is 68.1 cm³/mol. The number of rotatable bonds is 4. The number of hydrazine groups is 1. The number of benzene rings is 1. The van der Waals surface area contributed by atoms with Gasteiger partial charge in [-0.3, -0.25) is 10.2 Å². The third kappa shape index (κ3) is 5.31. The molecule has 0 saturated carbocycles. The highest BCUT2D eigenvalue weighted by atomic mass is 19.1. The Morgan fingerprint density at radius 3 is 2.45 bits per heavy atom. The van der Waals surface area contributed by atoms with E-state index < -0.39 is 29.1 Å². The first-order valence-electron chi connectivity index (χ1n) is 5.89. The summed E-state index contributed by atoms with van der Waals surface area (Å²) < 4.78 is 30.9. The normalized spacial score (nSPS) is 11.1. The van der Waals surface area contributed by atoms with Crippen LogP contribution >= 0.6 is 0 Å². The van der Waals surface area contributed by atoms with Gasteiger partial charge < -0.3 is 4.74 Å². The second-order valence-electron chi connectivity index (χ2n) is 5.03. The van der Waals surface area contributed by atoms with Gasteiger partial charge in [-0.2, -0.15) is 0 Å². The van der Waals surface area contributed by atoms with Crippen LogP contribution in [0.2, 0.25) is 0 Å². The van der Waals surface area contributed by atoms with E-state index in [-0.39, 0.29) is 12.1 Å². The summed E-state index contributed by atoms with van der Waals surface area (Å²) in [5.41, 5.74) is 3.53. The first-order chi connectivity index (χ1) is 9.19. The molecule has 1 rings (SSSR count). The number of ketones is 1. The lowest BCUT2D eigenvalue weighted by atomic mass is 10.1. The molecule has 1 amide bonds. The molecule has 0 aliphatic carbocycles. The summed E-state index contributed by atoms with van der Waals surface area (Å²) in [4.78, 5) is 22.9. The average molecular weight is 286 g/mol. The van der Waals surface area contributed by atoms with Gasteiger partial charge in [-0.1, -0.05) is 0 Å². The van der Waals surface area contributed by atoms with Crippen molar-refractivity contribution in [1.29, 1.82) is 0 Å². The minimum absolute atomic E-state index is 0.259. The molecule has 0 aliphatic heterocycles. The van der Waals surface area contributed by atoms with E-state index in [0.29, 0.717) is 6.07 Å². The maximum atomic E-state index is 13.3. The molecule has 0 unspecified atom stereocenters. The number of halogens is 2. The monoisotopic (exact) mass is 286 g/mol. The molecule has 0 radical (unpaired) electrons. The van der Waals surface area contributed by atoms with Gasteiger partial charge in [-0.15, -0.1) is 0 Å². The number of amides is 1. The van der Waals surface area contributed by atoms with Gasteiger partial charge in [0.05, 0.1) is 12.1 Å². The standard InChI is InChI=1S/C13H16F2N2O3/c1-13(2,3)20-12(19)17-16-7-11(18)9-5-4-8(14)6-10(9)15/h4-6,16H,7H2,1-3H3,(H,17,19). The molecule has 2 N–H and O–H groups in total. The molecule has 0 spiro atoms. The Labute approximate surface area is 115 Å². The van der Waals surface area contributed by atoms with Gasteiger partial charge in [0.1, 0.15) is 17.2 Å². The Hall–Kier alpha value is -2.02. The molecule has 7 heteroatoms. The van der Waals surface area contributed by atoms with Gasteiger partial charge in [0.25, 0.3) is 0 Å². The largest absolute Gasteiger partial charge is 0.443 e. The van der Waals surface area contributed by atoms with Crippen molar-refractivity contribution in [1.82, 2.24) is 10.9 Å². The van der Waals surface area contributed by atoms with Gasteiger partial charge in [-0.25, -0.2) is 19.0 Å². The van der Waals surface area contributed by atoms with Crippen LogP contribution in [0.5, 0.6) is 0 Å². The maximum Gasteiger partial charge on any atom is 0.422 e. The van der Waals surface area contributed by atoms with E-state index in [1.807, 2.05) is 0 Å². The van der Waals surface area contributed by atoms with Crippen molar-refractivity contribution in [2.45, 2.75) is 26.4 Å². The quantitative estimate of drug-likeness (QED) is 0.657. The number of carbonyl (C=O) groups excluding carboxylic acids is 2. The molecule has 0 fully saturated rings. The van der Waals surface area contributed by atoms with E-state index in [9.17, 15) is 18.4 Å². The zero-order valence-electron chi connectivity index (χ0n) is 11.4. The summed E-state index contributed by atoms with van der Waals surface area (Å²) in [6.45, 7) is 4.71. The van der Waals surface area contributed by atoms with Crippen molar-refractivity contribution < 1.29 is 23.1 Å². The summed E-state index contributed by atoms with van der Waals surface area (Å²) in [6, 6.07) is 2.65. The molecule has 0 saturated heterocycles. The third-order valence-corrected chi connectivity index (χ3v) is 2.07. The van der Waals surface area contributed by atoms with E-state index in [1.54, 1.807) is 20.8 Å². The van der Waals surface area contributed by atoms with Gasteiger partial charge >= 0.3 is 6.09 Å².